The van der Waals surface area contributed by atoms with Crippen LogP contribution in [0.4, 0.5) is 4.79 Å². The molecule has 7 heteroatoms. The maximum Gasteiger partial charge on any atom is 0.411 e. The second kappa shape index (κ2) is 7.09. The molecule has 1 atom stereocenters. The fourth-order valence-electron chi connectivity index (χ4n) is 1.54. The van der Waals surface area contributed by atoms with Gasteiger partial charge in [0.15, 0.2) is 0 Å². The Morgan fingerprint density at radius 2 is 1.95 bits per heavy atom. The van der Waals surface area contributed by atoms with E-state index in [1.807, 2.05) is 24.3 Å². The Balaban J connectivity index is 2.88. The predicted octanol–water partition coefficient (Wildman–Crippen LogP) is 2.43. The summed E-state index contributed by atoms with van der Waals surface area (Å²) in [6.07, 6.45) is -0.691. The van der Waals surface area contributed by atoms with E-state index in [1.165, 1.54) is 14.1 Å². The van der Waals surface area contributed by atoms with Crippen LogP contribution in [0, 0.1) is 11.3 Å². The maximum absolute atomic E-state index is 11.6. The minimum Gasteiger partial charge on any atom is -0.477 e. The van der Waals surface area contributed by atoms with Crippen molar-refractivity contribution in [2.45, 2.75) is 18.4 Å². The summed E-state index contributed by atoms with van der Waals surface area (Å²) in [7, 11) is 2.84. The Morgan fingerprint density at radius 1 is 1.38 bits per heavy atom. The number of carboxylic acid groups (broad SMARTS) is 1. The number of carboxylic acids is 1. The van der Waals surface area contributed by atoms with Crippen LogP contribution >= 0.6 is 15.9 Å². The molecule has 0 heterocycles. The first kappa shape index (κ1) is 17.0. The zero-order valence-corrected chi connectivity index (χ0v) is 13.3. The Morgan fingerprint density at radius 3 is 2.38 bits per heavy atom. The van der Waals surface area contributed by atoms with Gasteiger partial charge in [-0.25, -0.2) is 9.59 Å². The van der Waals surface area contributed by atoms with Crippen molar-refractivity contribution in [2.24, 2.45) is 0 Å². The van der Waals surface area contributed by atoms with Gasteiger partial charge < -0.3 is 14.7 Å². The van der Waals surface area contributed by atoms with Gasteiger partial charge in [0.05, 0.1) is 0 Å². The molecule has 0 saturated heterocycles. The van der Waals surface area contributed by atoms with Crippen LogP contribution in [0.25, 0.3) is 0 Å². The van der Waals surface area contributed by atoms with Crippen molar-refractivity contribution in [2.75, 3.05) is 14.1 Å². The molecule has 0 fully saturated rings. The van der Waals surface area contributed by atoms with Crippen LogP contribution in [-0.2, 0) is 16.0 Å². The molecule has 6 nitrogen and oxygen atoms in total. The topological polar surface area (TPSA) is 90.6 Å². The van der Waals surface area contributed by atoms with E-state index in [9.17, 15) is 14.7 Å². The molecule has 0 aliphatic rings. The van der Waals surface area contributed by atoms with Crippen molar-refractivity contribution in [3.8, 4) is 6.07 Å². The standard InChI is InChI=1S/C14H15BrN2O4/c1-17(2)13(20)21-14(9-16,12(18)19)8-7-10-3-5-11(15)6-4-10/h3-6H,7-8H2,1-2H3,(H,18,19)/t14-/m1/s1. The van der Waals surface area contributed by atoms with Crippen molar-refractivity contribution in [3.63, 3.8) is 0 Å². The molecule has 21 heavy (non-hydrogen) atoms. The summed E-state index contributed by atoms with van der Waals surface area (Å²) in [5.74, 6) is -1.47. The highest BCUT2D eigenvalue weighted by atomic mass is 79.9. The number of carbonyl (C=O) groups excluding carboxylic acids is 1. The molecule has 112 valence electrons. The summed E-state index contributed by atoms with van der Waals surface area (Å²) in [5.41, 5.74) is -1.34. The molecule has 0 aromatic heterocycles. The highest BCUT2D eigenvalue weighted by Gasteiger charge is 2.43. The number of halogens is 1. The van der Waals surface area contributed by atoms with Gasteiger partial charge in [0.1, 0.15) is 6.07 Å². The van der Waals surface area contributed by atoms with Gasteiger partial charge >= 0.3 is 12.1 Å². The lowest BCUT2D eigenvalue weighted by atomic mass is 9.96. The number of hydrogen-bond acceptors (Lipinski definition) is 4. The van der Waals surface area contributed by atoms with Crippen LogP contribution in [0.15, 0.2) is 28.7 Å². The van der Waals surface area contributed by atoms with Crippen molar-refractivity contribution in [3.05, 3.63) is 34.3 Å². The first-order chi connectivity index (χ1) is 9.80. The molecule has 0 radical (unpaired) electrons. The largest absolute Gasteiger partial charge is 0.477 e. The molecular formula is C14H15BrN2O4. The minimum atomic E-state index is -2.19. The van der Waals surface area contributed by atoms with Gasteiger partial charge in [-0.2, -0.15) is 5.26 Å². The van der Waals surface area contributed by atoms with Gasteiger partial charge in [0.2, 0.25) is 0 Å². The Kier molecular flexibility index (Phi) is 5.73. The van der Waals surface area contributed by atoms with E-state index in [-0.39, 0.29) is 6.42 Å². The van der Waals surface area contributed by atoms with E-state index in [1.54, 1.807) is 6.07 Å². The fraction of sp³-hybridized carbons (Fsp3) is 0.357. The number of ether oxygens (including phenoxy) is 1. The van der Waals surface area contributed by atoms with Crippen LogP contribution < -0.4 is 0 Å². The average molecular weight is 355 g/mol. The Bertz CT molecular complexity index is 565. The molecule has 1 aromatic rings. The molecule has 1 rings (SSSR count). The van der Waals surface area contributed by atoms with Crippen LogP contribution in [0.2, 0.25) is 0 Å². The van der Waals surface area contributed by atoms with Gasteiger partial charge in [-0.05, 0) is 24.1 Å². The highest BCUT2D eigenvalue weighted by Crippen LogP contribution is 2.21. The van der Waals surface area contributed by atoms with Gasteiger partial charge in [-0.3, -0.25) is 0 Å². The normalized spacial score (nSPS) is 12.9. The SMILES string of the molecule is CN(C)C(=O)O[C@@](C#N)(CCc1ccc(Br)cc1)C(=O)O. The maximum atomic E-state index is 11.6. The van der Waals surface area contributed by atoms with Crippen molar-refractivity contribution >= 4 is 28.0 Å². The first-order valence-electron chi connectivity index (χ1n) is 6.10. The zero-order valence-electron chi connectivity index (χ0n) is 11.7. The first-order valence-corrected chi connectivity index (χ1v) is 6.89. The summed E-state index contributed by atoms with van der Waals surface area (Å²) in [4.78, 5) is 24.0. The van der Waals surface area contributed by atoms with Gasteiger partial charge in [-0.1, -0.05) is 28.1 Å². The third kappa shape index (κ3) is 4.46. The summed E-state index contributed by atoms with van der Waals surface area (Å²) in [6, 6.07) is 8.85. The van der Waals surface area contributed by atoms with E-state index in [4.69, 9.17) is 10.00 Å². The number of nitrogens with zero attached hydrogens (tertiary/aromatic N) is 2. The molecule has 1 amide bonds. The smallest absolute Gasteiger partial charge is 0.411 e. The van der Waals surface area contributed by atoms with E-state index >= 15 is 0 Å². The predicted molar refractivity (Wildman–Crippen MR) is 78.6 cm³/mol. The summed E-state index contributed by atoms with van der Waals surface area (Å²) < 4.78 is 5.77. The van der Waals surface area contributed by atoms with Crippen molar-refractivity contribution < 1.29 is 19.4 Å². The number of hydrogen-bond donors (Lipinski definition) is 1. The third-order valence-corrected chi connectivity index (χ3v) is 3.36. The zero-order chi connectivity index (χ0) is 16.0. The van der Waals surface area contributed by atoms with Crippen LogP contribution in [0.5, 0.6) is 0 Å². The molecule has 0 spiro atoms. The van der Waals surface area contributed by atoms with Gasteiger partial charge in [0.25, 0.3) is 5.60 Å². The third-order valence-electron chi connectivity index (χ3n) is 2.83. The minimum absolute atomic E-state index is 0.125. The molecule has 0 aliphatic carbocycles. The molecule has 1 N–H and O–H groups in total. The quantitative estimate of drug-likeness (QED) is 0.876. The molecule has 0 aliphatic heterocycles. The number of nitriles is 1. The van der Waals surface area contributed by atoms with Crippen molar-refractivity contribution in [1.29, 1.82) is 5.26 Å². The van der Waals surface area contributed by atoms with E-state index < -0.39 is 17.7 Å². The van der Waals surface area contributed by atoms with E-state index in [2.05, 4.69) is 15.9 Å². The van der Waals surface area contributed by atoms with E-state index in [0.29, 0.717) is 6.42 Å². The number of benzene rings is 1. The Hall–Kier alpha value is -2.07. The Labute approximate surface area is 131 Å². The lowest BCUT2D eigenvalue weighted by molar-refractivity contribution is -0.154. The molecular weight excluding hydrogens is 340 g/mol. The summed E-state index contributed by atoms with van der Waals surface area (Å²) >= 11 is 3.30. The second-order valence-electron chi connectivity index (χ2n) is 4.63. The van der Waals surface area contributed by atoms with Crippen molar-refractivity contribution in [1.82, 2.24) is 4.90 Å². The average Bonchev–Trinajstić information content (AvgIpc) is 2.44. The number of aryl methyl sites for hydroxylation is 1. The van der Waals surface area contributed by atoms with Crippen LogP contribution in [0.3, 0.4) is 0 Å². The summed E-state index contributed by atoms with van der Waals surface area (Å²) in [6.45, 7) is 0. The summed E-state index contributed by atoms with van der Waals surface area (Å²) in [5, 5.41) is 18.4. The number of rotatable bonds is 5. The van der Waals surface area contributed by atoms with E-state index in [0.717, 1.165) is 14.9 Å². The molecule has 0 unspecified atom stereocenters. The van der Waals surface area contributed by atoms with Crippen LogP contribution in [0.1, 0.15) is 12.0 Å². The number of carbonyl (C=O) groups is 2. The lowest BCUT2D eigenvalue weighted by Gasteiger charge is -2.24. The van der Waals surface area contributed by atoms with Gasteiger partial charge in [0, 0.05) is 25.0 Å². The van der Waals surface area contributed by atoms with Crippen LogP contribution in [-0.4, -0.2) is 41.8 Å². The second-order valence-corrected chi connectivity index (χ2v) is 5.55. The highest BCUT2D eigenvalue weighted by molar-refractivity contribution is 9.10. The molecule has 0 saturated carbocycles. The fourth-order valence-corrected chi connectivity index (χ4v) is 1.80. The lowest BCUT2D eigenvalue weighted by Crippen LogP contribution is -2.44. The number of aliphatic carboxylic acids is 1. The van der Waals surface area contributed by atoms with Gasteiger partial charge in [-0.15, -0.1) is 0 Å². The number of amides is 1. The molecule has 1 aromatic carbocycles. The monoisotopic (exact) mass is 354 g/mol. The molecule has 0 bridgehead atoms.